The topological polar surface area (TPSA) is 90.7 Å². The van der Waals surface area contributed by atoms with Gasteiger partial charge in [0.25, 0.3) is 0 Å². The van der Waals surface area contributed by atoms with Crippen LogP contribution >= 0.6 is 0 Å². The average molecular weight is 187 g/mol. The molecule has 0 unspecified atom stereocenters. The van der Waals surface area contributed by atoms with E-state index in [0.717, 1.165) is 11.1 Å². The molecule has 70 valence electrons. The molecule has 0 aliphatic carbocycles. The second-order valence-corrected chi connectivity index (χ2v) is 2.80. The van der Waals surface area contributed by atoms with Gasteiger partial charge in [0, 0.05) is 24.2 Å². The minimum absolute atomic E-state index is 0.260. The molecule has 4 N–H and O–H groups in total. The Balaban J connectivity index is 2.44. The van der Waals surface area contributed by atoms with E-state index >= 15 is 0 Å². The molecule has 5 heteroatoms. The number of hydrogen-bond donors (Lipinski definition) is 2. The van der Waals surface area contributed by atoms with Gasteiger partial charge < -0.3 is 11.5 Å². The Morgan fingerprint density at radius 3 is 2.29 bits per heavy atom. The fraction of sp³-hybridized carbons (Fsp3) is 0. The molecule has 0 saturated heterocycles. The molecule has 0 spiro atoms. The summed E-state index contributed by atoms with van der Waals surface area (Å²) in [6.45, 7) is 0. The maximum absolute atomic E-state index is 5.55. The second-order valence-electron chi connectivity index (χ2n) is 2.80. The highest BCUT2D eigenvalue weighted by Crippen LogP contribution is 2.18. The van der Waals surface area contributed by atoms with Crippen LogP contribution in [-0.4, -0.2) is 15.0 Å². The van der Waals surface area contributed by atoms with Crippen LogP contribution in [0.4, 0.5) is 11.8 Å². The van der Waals surface area contributed by atoms with Crippen molar-refractivity contribution >= 4 is 11.8 Å². The lowest BCUT2D eigenvalue weighted by molar-refractivity contribution is 1.19. The number of nitrogens with zero attached hydrogens (tertiary/aromatic N) is 3. The van der Waals surface area contributed by atoms with E-state index in [1.54, 1.807) is 24.7 Å². The van der Waals surface area contributed by atoms with Gasteiger partial charge in [0.2, 0.25) is 5.95 Å². The van der Waals surface area contributed by atoms with Crippen molar-refractivity contribution < 1.29 is 0 Å². The van der Waals surface area contributed by atoms with E-state index in [0.29, 0.717) is 5.82 Å². The molecule has 0 aliphatic rings. The number of rotatable bonds is 1. The first kappa shape index (κ1) is 8.43. The summed E-state index contributed by atoms with van der Waals surface area (Å²) in [4.78, 5) is 11.7. The second kappa shape index (κ2) is 3.29. The lowest BCUT2D eigenvalue weighted by atomic mass is 10.1. The molecule has 2 aromatic heterocycles. The van der Waals surface area contributed by atoms with Crippen LogP contribution in [0.15, 0.2) is 30.7 Å². The monoisotopic (exact) mass is 187 g/mol. The largest absolute Gasteiger partial charge is 0.384 e. The Labute approximate surface area is 80.8 Å². The summed E-state index contributed by atoms with van der Waals surface area (Å²) in [6, 6.07) is 3.60. The SMILES string of the molecule is Nc1cc(-c2cnc(N)nc2)ccn1. The van der Waals surface area contributed by atoms with Gasteiger partial charge in [0.1, 0.15) is 5.82 Å². The van der Waals surface area contributed by atoms with E-state index in [2.05, 4.69) is 15.0 Å². The van der Waals surface area contributed by atoms with Gasteiger partial charge in [-0.1, -0.05) is 0 Å². The minimum Gasteiger partial charge on any atom is -0.384 e. The number of anilines is 2. The molecule has 0 radical (unpaired) electrons. The van der Waals surface area contributed by atoms with Gasteiger partial charge in [-0.25, -0.2) is 15.0 Å². The van der Waals surface area contributed by atoms with Crippen LogP contribution in [0.1, 0.15) is 0 Å². The average Bonchev–Trinajstić information content (AvgIpc) is 2.19. The molecule has 2 aromatic rings. The Hall–Kier alpha value is -2.17. The van der Waals surface area contributed by atoms with Crippen LogP contribution in [0, 0.1) is 0 Å². The molecule has 2 rings (SSSR count). The molecule has 0 saturated carbocycles. The van der Waals surface area contributed by atoms with Crippen molar-refractivity contribution in [3.63, 3.8) is 0 Å². The van der Waals surface area contributed by atoms with Crippen molar-refractivity contribution in [1.82, 2.24) is 15.0 Å². The van der Waals surface area contributed by atoms with Gasteiger partial charge in [-0.3, -0.25) is 0 Å². The van der Waals surface area contributed by atoms with Crippen molar-refractivity contribution in [3.05, 3.63) is 30.7 Å². The first-order valence-electron chi connectivity index (χ1n) is 4.05. The summed E-state index contributed by atoms with van der Waals surface area (Å²) in [5, 5.41) is 0. The number of aromatic nitrogens is 3. The molecule has 0 fully saturated rings. The lowest BCUT2D eigenvalue weighted by Crippen LogP contribution is -1.94. The summed E-state index contributed by atoms with van der Waals surface area (Å²) in [7, 11) is 0. The van der Waals surface area contributed by atoms with Crippen LogP contribution in [0.5, 0.6) is 0 Å². The predicted octanol–water partition coefficient (Wildman–Crippen LogP) is 0.703. The number of hydrogen-bond acceptors (Lipinski definition) is 5. The van der Waals surface area contributed by atoms with E-state index in [-0.39, 0.29) is 5.95 Å². The zero-order valence-electron chi connectivity index (χ0n) is 7.38. The lowest BCUT2D eigenvalue weighted by Gasteiger charge is -2.00. The van der Waals surface area contributed by atoms with Gasteiger partial charge >= 0.3 is 0 Å². The fourth-order valence-electron chi connectivity index (χ4n) is 1.11. The number of nitrogens with two attached hydrogens (primary N) is 2. The van der Waals surface area contributed by atoms with Crippen molar-refractivity contribution in [2.75, 3.05) is 11.5 Å². The summed E-state index contributed by atoms with van der Waals surface area (Å²) < 4.78 is 0. The molecular weight excluding hydrogens is 178 g/mol. The van der Waals surface area contributed by atoms with Crippen LogP contribution < -0.4 is 11.5 Å². The van der Waals surface area contributed by atoms with Crippen molar-refractivity contribution in [2.45, 2.75) is 0 Å². The van der Waals surface area contributed by atoms with Crippen molar-refractivity contribution in [1.29, 1.82) is 0 Å². The maximum atomic E-state index is 5.55. The van der Waals surface area contributed by atoms with Gasteiger partial charge in [-0.2, -0.15) is 0 Å². The van der Waals surface area contributed by atoms with E-state index in [1.165, 1.54) is 0 Å². The van der Waals surface area contributed by atoms with Crippen molar-refractivity contribution in [3.8, 4) is 11.1 Å². The predicted molar refractivity (Wildman–Crippen MR) is 54.1 cm³/mol. The normalized spacial score (nSPS) is 10.0. The zero-order valence-corrected chi connectivity index (χ0v) is 7.38. The molecule has 14 heavy (non-hydrogen) atoms. The highest BCUT2D eigenvalue weighted by atomic mass is 15.0. The third-order valence-electron chi connectivity index (χ3n) is 1.79. The Bertz CT molecular complexity index is 437. The van der Waals surface area contributed by atoms with Gasteiger partial charge in [0.05, 0.1) is 0 Å². The zero-order chi connectivity index (χ0) is 9.97. The molecule has 0 amide bonds. The standard InChI is InChI=1S/C9H9N5/c10-8-3-6(1-2-12-8)7-4-13-9(11)14-5-7/h1-5H,(H2,10,12)(H2,11,13,14). The first-order valence-corrected chi connectivity index (χ1v) is 4.05. The molecule has 0 aromatic carbocycles. The molecule has 0 atom stereocenters. The van der Waals surface area contributed by atoms with Gasteiger partial charge in [0.15, 0.2) is 0 Å². The molecule has 2 heterocycles. The van der Waals surface area contributed by atoms with E-state index < -0.39 is 0 Å². The van der Waals surface area contributed by atoms with Gasteiger partial charge in [-0.15, -0.1) is 0 Å². The van der Waals surface area contributed by atoms with Crippen LogP contribution in [0.3, 0.4) is 0 Å². The fourth-order valence-corrected chi connectivity index (χ4v) is 1.11. The highest BCUT2D eigenvalue weighted by Gasteiger charge is 1.99. The number of nitrogen functional groups attached to an aromatic ring is 2. The van der Waals surface area contributed by atoms with E-state index in [9.17, 15) is 0 Å². The quantitative estimate of drug-likeness (QED) is 0.685. The third kappa shape index (κ3) is 1.61. The molecule has 0 aliphatic heterocycles. The van der Waals surface area contributed by atoms with E-state index in [1.807, 2.05) is 6.07 Å². The van der Waals surface area contributed by atoms with Crippen molar-refractivity contribution in [2.24, 2.45) is 0 Å². The van der Waals surface area contributed by atoms with Gasteiger partial charge in [-0.05, 0) is 17.7 Å². The molecular formula is C9H9N5. The molecule has 0 bridgehead atoms. The highest BCUT2D eigenvalue weighted by molar-refractivity contribution is 5.64. The summed E-state index contributed by atoms with van der Waals surface area (Å²) in [5.41, 5.74) is 12.7. The van der Waals surface area contributed by atoms with E-state index in [4.69, 9.17) is 11.5 Å². The Kier molecular flexibility index (Phi) is 1.98. The summed E-state index contributed by atoms with van der Waals surface area (Å²) in [5.74, 6) is 0.732. The Morgan fingerprint density at radius 2 is 1.64 bits per heavy atom. The van der Waals surface area contributed by atoms with Crippen LogP contribution in [0.25, 0.3) is 11.1 Å². The molecule has 5 nitrogen and oxygen atoms in total. The summed E-state index contributed by atoms with van der Waals surface area (Å²) >= 11 is 0. The smallest absolute Gasteiger partial charge is 0.219 e. The number of pyridine rings is 1. The Morgan fingerprint density at radius 1 is 0.929 bits per heavy atom. The van der Waals surface area contributed by atoms with Crippen LogP contribution in [0.2, 0.25) is 0 Å². The first-order chi connectivity index (χ1) is 6.75. The minimum atomic E-state index is 0.260. The third-order valence-corrected chi connectivity index (χ3v) is 1.79. The van der Waals surface area contributed by atoms with Crippen LogP contribution in [-0.2, 0) is 0 Å². The maximum Gasteiger partial charge on any atom is 0.219 e. The summed E-state index contributed by atoms with van der Waals surface area (Å²) in [6.07, 6.45) is 4.94.